The zero-order chi connectivity index (χ0) is 18.8. The Bertz CT molecular complexity index is 661. The predicted octanol–water partition coefficient (Wildman–Crippen LogP) is 2.45. The average Bonchev–Trinajstić information content (AvgIpc) is 2.61. The molecule has 0 heterocycles. The highest BCUT2D eigenvalue weighted by Crippen LogP contribution is 2.07. The number of ether oxygens (including phenoxy) is 2. The summed E-state index contributed by atoms with van der Waals surface area (Å²) in [7, 11) is 1.31. The summed E-state index contributed by atoms with van der Waals surface area (Å²) in [5, 5.41) is 0. The van der Waals surface area contributed by atoms with Crippen molar-refractivity contribution in [1.29, 1.82) is 0 Å². The van der Waals surface area contributed by atoms with Gasteiger partial charge in [0, 0.05) is 19.2 Å². The fourth-order valence-electron chi connectivity index (χ4n) is 1.99. The van der Waals surface area contributed by atoms with E-state index in [1.807, 2.05) is 13.8 Å². The molecule has 0 aromatic heterocycles. The molecule has 6 nitrogen and oxygen atoms in total. The molecule has 0 saturated heterocycles. The van der Waals surface area contributed by atoms with Gasteiger partial charge >= 0.3 is 11.9 Å². The molecule has 0 N–H and O–H groups in total. The highest BCUT2D eigenvalue weighted by molar-refractivity contribution is 5.91. The van der Waals surface area contributed by atoms with Crippen molar-refractivity contribution in [3.8, 4) is 0 Å². The third kappa shape index (κ3) is 7.03. The minimum absolute atomic E-state index is 0.269. The summed E-state index contributed by atoms with van der Waals surface area (Å²) in [5.41, 5.74) is 2.00. The molecule has 1 aromatic rings. The number of hydrogen-bond donors (Lipinski definition) is 0. The highest BCUT2D eigenvalue weighted by Gasteiger charge is 2.13. The Balaban J connectivity index is 2.53. The van der Waals surface area contributed by atoms with Crippen LogP contribution in [-0.2, 0) is 19.1 Å². The lowest BCUT2D eigenvalue weighted by Gasteiger charge is -2.20. The van der Waals surface area contributed by atoms with Crippen LogP contribution in [0, 0.1) is 0 Å². The minimum Gasteiger partial charge on any atom is -0.465 e. The molecule has 0 aliphatic carbocycles. The first-order chi connectivity index (χ1) is 11.9. The van der Waals surface area contributed by atoms with Crippen LogP contribution >= 0.6 is 0 Å². The van der Waals surface area contributed by atoms with E-state index in [0.717, 1.165) is 5.57 Å². The molecule has 1 aromatic carbocycles. The normalized spacial score (nSPS) is 10.4. The monoisotopic (exact) mass is 345 g/mol. The third-order valence-corrected chi connectivity index (χ3v) is 3.28. The van der Waals surface area contributed by atoms with Crippen molar-refractivity contribution in [2.24, 2.45) is 0 Å². The van der Waals surface area contributed by atoms with Gasteiger partial charge in [-0.3, -0.25) is 4.79 Å². The van der Waals surface area contributed by atoms with Crippen LogP contribution in [0.15, 0.2) is 42.5 Å². The fourth-order valence-corrected chi connectivity index (χ4v) is 1.99. The first-order valence-electron chi connectivity index (χ1n) is 7.82. The molecule has 0 unspecified atom stereocenters. The molecule has 25 heavy (non-hydrogen) atoms. The van der Waals surface area contributed by atoms with Gasteiger partial charge in [0.2, 0.25) is 0 Å². The molecule has 0 aliphatic heterocycles. The van der Waals surface area contributed by atoms with Gasteiger partial charge in [-0.2, -0.15) is 0 Å². The van der Waals surface area contributed by atoms with Gasteiger partial charge in [-0.05, 0) is 37.6 Å². The first kappa shape index (κ1) is 20.2. The maximum Gasteiger partial charge on any atom is 0.337 e. The number of hydrogen-bond acceptors (Lipinski definition) is 5. The van der Waals surface area contributed by atoms with Gasteiger partial charge in [-0.1, -0.05) is 24.3 Å². The van der Waals surface area contributed by atoms with Crippen LogP contribution in [0.2, 0.25) is 0 Å². The van der Waals surface area contributed by atoms with E-state index < -0.39 is 11.9 Å². The zero-order valence-corrected chi connectivity index (χ0v) is 14.8. The van der Waals surface area contributed by atoms with Crippen LogP contribution in [-0.4, -0.2) is 49.6 Å². The maximum absolute atomic E-state index is 12.0. The quantitative estimate of drug-likeness (QED) is 0.411. The fraction of sp³-hybridized carbons (Fsp3) is 0.316. The van der Waals surface area contributed by atoms with Crippen LogP contribution in [0.4, 0.5) is 0 Å². The van der Waals surface area contributed by atoms with Gasteiger partial charge in [0.25, 0.3) is 5.91 Å². The number of methoxy groups -OCH3 is 1. The molecule has 0 aliphatic rings. The van der Waals surface area contributed by atoms with E-state index in [2.05, 4.69) is 11.3 Å². The molecule has 0 saturated carbocycles. The molecule has 0 spiro atoms. The molecule has 6 heteroatoms. The van der Waals surface area contributed by atoms with Gasteiger partial charge in [0.1, 0.15) is 0 Å². The smallest absolute Gasteiger partial charge is 0.337 e. The number of rotatable bonds is 8. The van der Waals surface area contributed by atoms with Gasteiger partial charge in [0.15, 0.2) is 6.61 Å². The van der Waals surface area contributed by atoms with Crippen LogP contribution in [0.1, 0.15) is 29.8 Å². The lowest BCUT2D eigenvalue weighted by atomic mass is 10.1. The van der Waals surface area contributed by atoms with E-state index in [9.17, 15) is 14.4 Å². The second kappa shape index (κ2) is 10.1. The Morgan fingerprint density at radius 1 is 1.20 bits per heavy atom. The van der Waals surface area contributed by atoms with Gasteiger partial charge in [0.05, 0.1) is 12.7 Å². The van der Waals surface area contributed by atoms with Gasteiger partial charge < -0.3 is 14.4 Å². The SMILES string of the molecule is C=C(C)CN(CC)C(=O)COC(=O)/C=C/c1ccc(C(=O)OC)cc1. The number of amides is 1. The number of esters is 2. The maximum atomic E-state index is 12.0. The molecule has 0 bridgehead atoms. The van der Waals surface area contributed by atoms with Crippen molar-refractivity contribution in [1.82, 2.24) is 4.90 Å². The Morgan fingerprint density at radius 3 is 2.36 bits per heavy atom. The van der Waals surface area contributed by atoms with Crippen molar-refractivity contribution in [2.75, 3.05) is 26.8 Å². The predicted molar refractivity (Wildman–Crippen MR) is 94.8 cm³/mol. The summed E-state index contributed by atoms with van der Waals surface area (Å²) < 4.78 is 9.56. The summed E-state index contributed by atoms with van der Waals surface area (Å²) in [6.07, 6.45) is 2.77. The van der Waals surface area contributed by atoms with Gasteiger partial charge in [-0.15, -0.1) is 0 Å². The molecule has 1 rings (SSSR count). The summed E-state index contributed by atoms with van der Waals surface area (Å²) in [6, 6.07) is 6.54. The Kier molecular flexibility index (Phi) is 8.12. The number of carbonyl (C=O) groups is 3. The Hall–Kier alpha value is -2.89. The van der Waals surface area contributed by atoms with E-state index in [0.29, 0.717) is 24.2 Å². The number of likely N-dealkylation sites (N-methyl/N-ethyl adjacent to an activating group) is 1. The first-order valence-corrected chi connectivity index (χ1v) is 7.82. The number of carbonyl (C=O) groups excluding carboxylic acids is 3. The highest BCUT2D eigenvalue weighted by atomic mass is 16.5. The lowest BCUT2D eigenvalue weighted by Crippen LogP contribution is -2.35. The van der Waals surface area contributed by atoms with Crippen LogP contribution in [0.3, 0.4) is 0 Å². The molecule has 1 amide bonds. The van der Waals surface area contributed by atoms with Crippen LogP contribution in [0.5, 0.6) is 0 Å². The second-order valence-corrected chi connectivity index (χ2v) is 5.42. The van der Waals surface area contributed by atoms with Gasteiger partial charge in [-0.25, -0.2) is 9.59 Å². The second-order valence-electron chi connectivity index (χ2n) is 5.42. The van der Waals surface area contributed by atoms with Crippen molar-refractivity contribution >= 4 is 23.9 Å². The van der Waals surface area contributed by atoms with E-state index in [1.54, 1.807) is 35.2 Å². The molecular weight excluding hydrogens is 322 g/mol. The zero-order valence-electron chi connectivity index (χ0n) is 14.8. The molecule has 0 radical (unpaired) electrons. The van der Waals surface area contributed by atoms with Crippen LogP contribution < -0.4 is 0 Å². The standard InChI is InChI=1S/C19H23NO5/c1-5-20(12-14(2)3)17(21)13-25-18(22)11-8-15-6-9-16(10-7-15)19(23)24-4/h6-11H,2,5,12-13H2,1,3-4H3/b11-8+. The minimum atomic E-state index is -0.614. The largest absolute Gasteiger partial charge is 0.465 e. The number of nitrogens with zero attached hydrogens (tertiary/aromatic N) is 1. The van der Waals surface area contributed by atoms with Crippen molar-refractivity contribution in [3.05, 3.63) is 53.6 Å². The lowest BCUT2D eigenvalue weighted by molar-refractivity contribution is -0.147. The summed E-state index contributed by atoms with van der Waals surface area (Å²) in [6.45, 7) is 8.09. The Labute approximate surface area is 147 Å². The number of benzene rings is 1. The van der Waals surface area contributed by atoms with Crippen LogP contribution in [0.25, 0.3) is 6.08 Å². The van der Waals surface area contributed by atoms with E-state index >= 15 is 0 Å². The summed E-state index contributed by atoms with van der Waals surface area (Å²) in [4.78, 5) is 36.6. The average molecular weight is 345 g/mol. The Morgan fingerprint density at radius 2 is 1.84 bits per heavy atom. The third-order valence-electron chi connectivity index (χ3n) is 3.28. The summed E-state index contributed by atoms with van der Waals surface area (Å²) in [5.74, 6) is -1.31. The summed E-state index contributed by atoms with van der Waals surface area (Å²) >= 11 is 0. The van der Waals surface area contributed by atoms with Crippen molar-refractivity contribution in [3.63, 3.8) is 0 Å². The van der Waals surface area contributed by atoms with E-state index in [1.165, 1.54) is 13.2 Å². The van der Waals surface area contributed by atoms with Crippen molar-refractivity contribution in [2.45, 2.75) is 13.8 Å². The van der Waals surface area contributed by atoms with E-state index in [-0.39, 0.29) is 12.5 Å². The van der Waals surface area contributed by atoms with E-state index in [4.69, 9.17) is 4.74 Å². The molecule has 0 atom stereocenters. The van der Waals surface area contributed by atoms with Crippen molar-refractivity contribution < 1.29 is 23.9 Å². The topological polar surface area (TPSA) is 72.9 Å². The molecular formula is C19H23NO5. The molecule has 0 fully saturated rings. The molecule has 134 valence electrons.